The molecular formula is C15H21ClN2O3Si. The molecule has 0 aliphatic carbocycles. The minimum absolute atomic E-state index is 0.152. The van der Waals surface area contributed by atoms with Crippen LogP contribution in [0.5, 0.6) is 5.75 Å². The van der Waals surface area contributed by atoms with Gasteiger partial charge in [0.1, 0.15) is 11.4 Å². The first-order valence-electron chi connectivity index (χ1n) is 7.09. The van der Waals surface area contributed by atoms with Gasteiger partial charge in [0.05, 0.1) is 5.02 Å². The Balaban J connectivity index is 1.99. The molecule has 1 amide bonds. The summed E-state index contributed by atoms with van der Waals surface area (Å²) < 4.78 is 11.0. The molecule has 0 radical (unpaired) electrons. The number of hydrogen-bond donors (Lipinski definition) is 2. The van der Waals surface area contributed by atoms with E-state index in [2.05, 4.69) is 24.6 Å². The molecule has 7 heteroatoms. The van der Waals surface area contributed by atoms with Gasteiger partial charge in [0.25, 0.3) is 5.91 Å². The summed E-state index contributed by atoms with van der Waals surface area (Å²) in [6.07, 6.45) is 0. The van der Waals surface area contributed by atoms with E-state index in [0.717, 1.165) is 16.9 Å². The zero-order chi connectivity index (χ0) is 16.3. The largest absolute Gasteiger partial charge is 0.466 e. The summed E-state index contributed by atoms with van der Waals surface area (Å²) in [5, 5.41) is 1.28. The van der Waals surface area contributed by atoms with Gasteiger partial charge in [0.15, 0.2) is 6.79 Å². The number of ether oxygens (including phenoxy) is 2. The lowest BCUT2D eigenvalue weighted by atomic mass is 10.2. The van der Waals surface area contributed by atoms with Crippen molar-refractivity contribution in [1.82, 2.24) is 4.98 Å². The quantitative estimate of drug-likeness (QED) is 0.459. The lowest BCUT2D eigenvalue weighted by Gasteiger charge is -2.15. The molecule has 0 spiro atoms. The molecule has 2 rings (SSSR count). The van der Waals surface area contributed by atoms with Gasteiger partial charge in [-0.05, 0) is 18.2 Å². The van der Waals surface area contributed by atoms with Gasteiger partial charge in [0, 0.05) is 31.7 Å². The molecule has 1 aromatic carbocycles. The van der Waals surface area contributed by atoms with E-state index < -0.39 is 14.0 Å². The predicted molar refractivity (Wildman–Crippen MR) is 91.4 cm³/mol. The first kappa shape index (κ1) is 16.9. The van der Waals surface area contributed by atoms with Crippen molar-refractivity contribution in [3.8, 4) is 5.75 Å². The SMILES string of the molecule is C[Si](C)(C)CCOCOc1cc2[nH]c(C(N)=O)cc2cc1Cl. The Labute approximate surface area is 135 Å². The summed E-state index contributed by atoms with van der Waals surface area (Å²) in [4.78, 5) is 14.1. The van der Waals surface area contributed by atoms with Gasteiger partial charge in [-0.3, -0.25) is 4.79 Å². The van der Waals surface area contributed by atoms with Crippen LogP contribution >= 0.6 is 11.6 Å². The van der Waals surface area contributed by atoms with Gasteiger partial charge < -0.3 is 20.2 Å². The van der Waals surface area contributed by atoms with Crippen LogP contribution < -0.4 is 10.5 Å². The molecule has 0 atom stereocenters. The number of nitrogens with one attached hydrogen (secondary N) is 1. The molecule has 1 aromatic heterocycles. The van der Waals surface area contributed by atoms with Gasteiger partial charge in [-0.25, -0.2) is 0 Å². The third-order valence-electron chi connectivity index (χ3n) is 3.23. The standard InChI is InChI=1S/C15H21ClN2O3Si/c1-22(2,3)5-4-20-9-21-14-8-12-10(6-11(14)16)7-13(18-12)15(17)19/h6-8,18H,4-5,9H2,1-3H3,(H2,17,19). The summed E-state index contributed by atoms with van der Waals surface area (Å²) in [6.45, 7) is 7.72. The van der Waals surface area contributed by atoms with Gasteiger partial charge >= 0.3 is 0 Å². The summed E-state index contributed by atoms with van der Waals surface area (Å²) in [5.41, 5.74) is 6.34. The van der Waals surface area contributed by atoms with Gasteiger partial charge in [0.2, 0.25) is 0 Å². The number of carbonyl (C=O) groups excluding carboxylic acids is 1. The second-order valence-corrected chi connectivity index (χ2v) is 12.4. The van der Waals surface area contributed by atoms with Crippen molar-refractivity contribution >= 4 is 36.5 Å². The van der Waals surface area contributed by atoms with Crippen LogP contribution in [-0.4, -0.2) is 32.4 Å². The molecule has 1 heterocycles. The van der Waals surface area contributed by atoms with E-state index in [1.54, 1.807) is 18.2 Å². The summed E-state index contributed by atoms with van der Waals surface area (Å²) >= 11 is 6.17. The average Bonchev–Trinajstić information content (AvgIpc) is 2.80. The zero-order valence-corrected chi connectivity index (χ0v) is 14.8. The Kier molecular flexibility index (Phi) is 5.15. The summed E-state index contributed by atoms with van der Waals surface area (Å²) in [6, 6.07) is 6.22. The number of hydrogen-bond acceptors (Lipinski definition) is 3. The number of H-pyrrole nitrogens is 1. The van der Waals surface area contributed by atoms with E-state index in [1.165, 1.54) is 0 Å². The first-order valence-corrected chi connectivity index (χ1v) is 11.2. The van der Waals surface area contributed by atoms with Crippen LogP contribution in [0.3, 0.4) is 0 Å². The lowest BCUT2D eigenvalue weighted by molar-refractivity contribution is 0.0222. The smallest absolute Gasteiger partial charge is 0.265 e. The molecular weight excluding hydrogens is 320 g/mol. The van der Waals surface area contributed by atoms with Crippen molar-refractivity contribution < 1.29 is 14.3 Å². The van der Waals surface area contributed by atoms with E-state index in [-0.39, 0.29) is 6.79 Å². The first-order chi connectivity index (χ1) is 10.3. The minimum Gasteiger partial charge on any atom is -0.466 e. The highest BCUT2D eigenvalue weighted by molar-refractivity contribution is 6.76. The maximum Gasteiger partial charge on any atom is 0.265 e. The molecule has 0 saturated heterocycles. The zero-order valence-electron chi connectivity index (χ0n) is 13.0. The number of carbonyl (C=O) groups is 1. The van der Waals surface area contributed by atoms with E-state index in [9.17, 15) is 4.79 Å². The number of rotatable bonds is 7. The third-order valence-corrected chi connectivity index (χ3v) is 5.23. The molecule has 0 saturated carbocycles. The Morgan fingerprint density at radius 3 is 2.68 bits per heavy atom. The second-order valence-electron chi connectivity index (χ2n) is 6.40. The fourth-order valence-corrected chi connectivity index (χ4v) is 2.90. The number of halogens is 1. The molecule has 0 aliphatic heterocycles. The van der Waals surface area contributed by atoms with Crippen molar-refractivity contribution in [2.75, 3.05) is 13.4 Å². The number of primary amides is 1. The minimum atomic E-state index is -1.10. The van der Waals surface area contributed by atoms with E-state index in [1.807, 2.05) is 0 Å². The Morgan fingerprint density at radius 2 is 2.05 bits per heavy atom. The number of nitrogens with two attached hydrogens (primary N) is 1. The highest BCUT2D eigenvalue weighted by Crippen LogP contribution is 2.30. The van der Waals surface area contributed by atoms with Gasteiger partial charge in [-0.1, -0.05) is 31.2 Å². The van der Waals surface area contributed by atoms with Crippen LogP contribution in [0.2, 0.25) is 30.7 Å². The molecule has 0 bridgehead atoms. The lowest BCUT2D eigenvalue weighted by Crippen LogP contribution is -2.22. The van der Waals surface area contributed by atoms with Crippen LogP contribution in [0.1, 0.15) is 10.5 Å². The van der Waals surface area contributed by atoms with Crippen LogP contribution in [0.4, 0.5) is 0 Å². The topological polar surface area (TPSA) is 77.3 Å². The highest BCUT2D eigenvalue weighted by atomic mass is 35.5. The summed E-state index contributed by atoms with van der Waals surface area (Å²) in [7, 11) is -1.10. The fourth-order valence-electron chi connectivity index (χ4n) is 1.92. The normalized spacial score (nSPS) is 11.8. The molecule has 0 aliphatic rings. The van der Waals surface area contributed by atoms with Crippen LogP contribution in [-0.2, 0) is 4.74 Å². The number of aromatic amines is 1. The fraction of sp³-hybridized carbons (Fsp3) is 0.400. The number of benzene rings is 1. The van der Waals surface area contributed by atoms with Crippen molar-refractivity contribution in [3.05, 3.63) is 28.9 Å². The maximum absolute atomic E-state index is 11.2. The Hall–Kier alpha value is -1.50. The molecule has 5 nitrogen and oxygen atoms in total. The predicted octanol–water partition coefficient (Wildman–Crippen LogP) is 3.61. The molecule has 0 fully saturated rings. The van der Waals surface area contributed by atoms with Crippen LogP contribution in [0, 0.1) is 0 Å². The Bertz CT molecular complexity index is 679. The van der Waals surface area contributed by atoms with Gasteiger partial charge in [-0.15, -0.1) is 0 Å². The van der Waals surface area contributed by atoms with E-state index in [0.29, 0.717) is 23.1 Å². The van der Waals surface area contributed by atoms with E-state index in [4.69, 9.17) is 26.8 Å². The highest BCUT2D eigenvalue weighted by Gasteiger charge is 2.13. The van der Waals surface area contributed by atoms with Gasteiger partial charge in [-0.2, -0.15) is 0 Å². The van der Waals surface area contributed by atoms with E-state index >= 15 is 0 Å². The van der Waals surface area contributed by atoms with Crippen molar-refractivity contribution in [1.29, 1.82) is 0 Å². The monoisotopic (exact) mass is 340 g/mol. The summed E-state index contributed by atoms with van der Waals surface area (Å²) in [5.74, 6) is 0.00418. The molecule has 3 N–H and O–H groups in total. The van der Waals surface area contributed by atoms with Crippen molar-refractivity contribution in [3.63, 3.8) is 0 Å². The number of amides is 1. The molecule has 22 heavy (non-hydrogen) atoms. The van der Waals surface area contributed by atoms with Crippen molar-refractivity contribution in [2.45, 2.75) is 25.7 Å². The van der Waals surface area contributed by atoms with Crippen LogP contribution in [0.15, 0.2) is 18.2 Å². The van der Waals surface area contributed by atoms with Crippen molar-refractivity contribution in [2.24, 2.45) is 5.73 Å². The molecule has 2 aromatic rings. The van der Waals surface area contributed by atoms with Crippen LogP contribution in [0.25, 0.3) is 10.9 Å². The second kappa shape index (κ2) is 6.72. The maximum atomic E-state index is 11.2. The number of aromatic nitrogens is 1. The number of fused-ring (bicyclic) bond motifs is 1. The molecule has 120 valence electrons. The third kappa shape index (κ3) is 4.49. The average molecular weight is 341 g/mol. The Morgan fingerprint density at radius 1 is 1.32 bits per heavy atom. The molecule has 0 unspecified atom stereocenters.